The number of aliphatic hydroxyl groups excluding tert-OH is 2. The van der Waals surface area contributed by atoms with Crippen molar-refractivity contribution in [3.8, 4) is 5.88 Å². The maximum atomic E-state index is 12.7. The molecular formula is C21H29N3O4. The number of carbonyl (C=O) groups is 1. The van der Waals surface area contributed by atoms with Crippen molar-refractivity contribution in [1.29, 1.82) is 0 Å². The second kappa shape index (κ2) is 8.84. The van der Waals surface area contributed by atoms with Gasteiger partial charge in [0.05, 0.1) is 30.9 Å². The van der Waals surface area contributed by atoms with Gasteiger partial charge in [-0.3, -0.25) is 4.79 Å². The number of likely N-dealkylation sites (tertiary alicyclic amines) is 1. The van der Waals surface area contributed by atoms with Crippen molar-refractivity contribution in [3.05, 3.63) is 30.0 Å². The third kappa shape index (κ3) is 4.10. The van der Waals surface area contributed by atoms with E-state index in [1.165, 1.54) is 0 Å². The van der Waals surface area contributed by atoms with Gasteiger partial charge in [0.1, 0.15) is 5.69 Å². The number of hydrogen-bond acceptors (Lipinski definition) is 6. The van der Waals surface area contributed by atoms with Crippen LogP contribution in [0.15, 0.2) is 24.3 Å². The van der Waals surface area contributed by atoms with E-state index in [0.717, 1.165) is 23.9 Å². The number of ether oxygens (including phenoxy) is 1. The first kappa shape index (κ1) is 20.5. The quantitative estimate of drug-likeness (QED) is 0.754. The first-order valence-electron chi connectivity index (χ1n) is 9.89. The molecule has 2 N–H and O–H groups in total. The van der Waals surface area contributed by atoms with Gasteiger partial charge in [0.15, 0.2) is 0 Å². The summed E-state index contributed by atoms with van der Waals surface area (Å²) in [5, 5.41) is 20.3. The molecule has 0 spiro atoms. The lowest BCUT2D eigenvalue weighted by Crippen LogP contribution is -2.54. The minimum absolute atomic E-state index is 0.0286. The van der Waals surface area contributed by atoms with Gasteiger partial charge in [-0.15, -0.1) is 0 Å². The van der Waals surface area contributed by atoms with Gasteiger partial charge in [-0.1, -0.05) is 25.5 Å². The average Bonchev–Trinajstić information content (AvgIpc) is 2.72. The van der Waals surface area contributed by atoms with E-state index in [-0.39, 0.29) is 25.5 Å². The van der Waals surface area contributed by atoms with Crippen LogP contribution in [0.5, 0.6) is 5.88 Å². The summed E-state index contributed by atoms with van der Waals surface area (Å²) >= 11 is 0. The Balaban J connectivity index is 1.65. The molecule has 1 amide bonds. The predicted molar refractivity (Wildman–Crippen MR) is 106 cm³/mol. The number of aliphatic hydroxyl groups is 2. The Kier molecular flexibility index (Phi) is 6.46. The van der Waals surface area contributed by atoms with Crippen molar-refractivity contribution in [2.24, 2.45) is 5.41 Å². The Morgan fingerprint density at radius 2 is 2.04 bits per heavy atom. The summed E-state index contributed by atoms with van der Waals surface area (Å²) < 4.78 is 5.35. The van der Waals surface area contributed by atoms with Crippen molar-refractivity contribution in [1.82, 2.24) is 14.9 Å². The van der Waals surface area contributed by atoms with E-state index in [4.69, 9.17) is 4.74 Å². The van der Waals surface area contributed by atoms with Crippen molar-refractivity contribution in [3.63, 3.8) is 0 Å². The highest BCUT2D eigenvalue weighted by Gasteiger charge is 2.42. The normalized spacial score (nSPS) is 22.4. The van der Waals surface area contributed by atoms with E-state index >= 15 is 0 Å². The van der Waals surface area contributed by atoms with E-state index in [0.29, 0.717) is 31.0 Å². The molecule has 1 aliphatic heterocycles. The smallest absolute Gasteiger partial charge is 0.235 e. The van der Waals surface area contributed by atoms with Crippen LogP contribution >= 0.6 is 0 Å². The van der Waals surface area contributed by atoms with Crippen molar-refractivity contribution in [2.75, 3.05) is 26.8 Å². The molecule has 28 heavy (non-hydrogen) atoms. The van der Waals surface area contributed by atoms with Crippen LogP contribution < -0.4 is 4.74 Å². The maximum Gasteiger partial charge on any atom is 0.235 e. The van der Waals surface area contributed by atoms with Gasteiger partial charge < -0.3 is 19.8 Å². The van der Waals surface area contributed by atoms with Gasteiger partial charge in [-0.2, -0.15) is 0 Å². The van der Waals surface area contributed by atoms with Crippen LogP contribution in [0.3, 0.4) is 0 Å². The van der Waals surface area contributed by atoms with Crippen molar-refractivity contribution >= 4 is 16.9 Å². The average molecular weight is 387 g/mol. The highest BCUT2D eigenvalue weighted by molar-refractivity contribution is 5.77. The van der Waals surface area contributed by atoms with Gasteiger partial charge in [0.2, 0.25) is 11.8 Å². The van der Waals surface area contributed by atoms with Crippen LogP contribution in [0, 0.1) is 5.41 Å². The maximum absolute atomic E-state index is 12.7. The van der Waals surface area contributed by atoms with Crippen molar-refractivity contribution < 1.29 is 19.7 Å². The summed E-state index contributed by atoms with van der Waals surface area (Å²) in [5.41, 5.74) is 1.69. The van der Waals surface area contributed by atoms with Crippen LogP contribution in [-0.4, -0.2) is 63.9 Å². The fraction of sp³-hybridized carbons (Fsp3) is 0.571. The van der Waals surface area contributed by atoms with Crippen LogP contribution in [0.1, 0.15) is 38.3 Å². The molecule has 1 aromatic heterocycles. The molecule has 0 radical (unpaired) electrons. The van der Waals surface area contributed by atoms with Gasteiger partial charge in [0.25, 0.3) is 0 Å². The molecule has 0 saturated carbocycles. The highest BCUT2D eigenvalue weighted by atomic mass is 16.5. The van der Waals surface area contributed by atoms with Gasteiger partial charge in [-0.25, -0.2) is 9.97 Å². The molecule has 0 bridgehead atoms. The summed E-state index contributed by atoms with van der Waals surface area (Å²) in [7, 11) is 1.55. The van der Waals surface area contributed by atoms with E-state index in [2.05, 4.69) is 9.97 Å². The van der Waals surface area contributed by atoms with Crippen LogP contribution in [0.4, 0.5) is 0 Å². The molecule has 152 valence electrons. The fourth-order valence-corrected chi connectivity index (χ4v) is 4.03. The van der Waals surface area contributed by atoms with Gasteiger partial charge in [-0.05, 0) is 25.0 Å². The van der Waals surface area contributed by atoms with Crippen LogP contribution in [0.25, 0.3) is 11.0 Å². The predicted octanol–water partition coefficient (Wildman–Crippen LogP) is 1.94. The van der Waals surface area contributed by atoms with E-state index in [1.807, 2.05) is 31.2 Å². The minimum Gasteiger partial charge on any atom is -0.480 e. The number of para-hydroxylation sites is 2. The van der Waals surface area contributed by atoms with Crippen LogP contribution in [-0.2, 0) is 11.2 Å². The second-order valence-corrected chi connectivity index (χ2v) is 7.54. The molecule has 1 saturated heterocycles. The number of rotatable bonds is 7. The summed E-state index contributed by atoms with van der Waals surface area (Å²) in [6, 6.07) is 7.55. The zero-order valence-electron chi connectivity index (χ0n) is 16.6. The number of hydrogen-bond donors (Lipinski definition) is 2. The molecule has 2 heterocycles. The lowest BCUT2D eigenvalue weighted by Gasteiger charge is -2.44. The number of methoxy groups -OCH3 is 1. The number of benzene rings is 1. The Bertz CT molecular complexity index is 828. The third-order valence-electron chi connectivity index (χ3n) is 5.77. The van der Waals surface area contributed by atoms with Crippen LogP contribution in [0.2, 0.25) is 0 Å². The molecule has 1 aromatic carbocycles. The van der Waals surface area contributed by atoms with Gasteiger partial charge >= 0.3 is 0 Å². The second-order valence-electron chi connectivity index (χ2n) is 7.54. The fourth-order valence-electron chi connectivity index (χ4n) is 4.03. The topological polar surface area (TPSA) is 95.8 Å². The largest absolute Gasteiger partial charge is 0.480 e. The number of aryl methyl sites for hydroxylation is 1. The Morgan fingerprint density at radius 3 is 2.64 bits per heavy atom. The third-order valence-corrected chi connectivity index (χ3v) is 5.77. The zero-order valence-corrected chi connectivity index (χ0v) is 16.6. The summed E-state index contributed by atoms with van der Waals surface area (Å²) in [5.74, 6) is 0.409. The summed E-state index contributed by atoms with van der Waals surface area (Å²) in [4.78, 5) is 23.5. The molecule has 7 heteroatoms. The monoisotopic (exact) mass is 387 g/mol. The highest BCUT2D eigenvalue weighted by Crippen LogP contribution is 2.36. The minimum atomic E-state index is -0.704. The molecule has 1 aliphatic rings. The molecule has 3 rings (SSSR count). The first-order valence-corrected chi connectivity index (χ1v) is 9.89. The molecule has 1 fully saturated rings. The number of aromatic nitrogens is 2. The summed E-state index contributed by atoms with van der Waals surface area (Å²) in [6.45, 7) is 2.81. The lowest BCUT2D eigenvalue weighted by atomic mass is 9.73. The summed E-state index contributed by atoms with van der Waals surface area (Å²) in [6.07, 6.45) is 2.26. The molecule has 2 atom stereocenters. The number of fused-ring (bicyclic) bond motifs is 1. The molecule has 7 nitrogen and oxygen atoms in total. The SMILES string of the molecule is CCC[C@]1(CO)CCN(C(=O)CCc2nc3ccccc3nc2OC)C[C@@H]1O. The number of amides is 1. The van der Waals surface area contributed by atoms with E-state index in [9.17, 15) is 15.0 Å². The number of β-amino-alcohol motifs (C(OH)–C–C–N with tert-alkyl or cyclic N) is 1. The molecule has 2 aromatic rings. The molecule has 0 aliphatic carbocycles. The number of piperidine rings is 1. The lowest BCUT2D eigenvalue weighted by molar-refractivity contribution is -0.142. The Morgan fingerprint density at radius 1 is 1.32 bits per heavy atom. The van der Waals surface area contributed by atoms with Crippen molar-refractivity contribution in [2.45, 2.75) is 45.1 Å². The Labute approximate surface area is 165 Å². The number of nitrogens with zero attached hydrogens (tertiary/aromatic N) is 3. The number of carbonyl (C=O) groups excluding carboxylic acids is 1. The Hall–Kier alpha value is -2.25. The van der Waals surface area contributed by atoms with E-state index < -0.39 is 11.5 Å². The zero-order chi connectivity index (χ0) is 20.1. The first-order chi connectivity index (χ1) is 13.5. The van der Waals surface area contributed by atoms with E-state index in [1.54, 1.807) is 12.0 Å². The molecule has 0 unspecified atom stereocenters. The van der Waals surface area contributed by atoms with Gasteiger partial charge in [0, 0.05) is 31.3 Å². The molecular weight excluding hydrogens is 358 g/mol. The standard InChI is InChI=1S/C21H29N3O4/c1-3-10-21(14-25)11-12-24(13-18(21)26)19(27)9-8-17-20(28-2)23-16-7-5-4-6-15(16)22-17/h4-7,18,25-26H,3,8-14H2,1-2H3/t18-,21+/m0/s1.